The number of phenols is 1. The van der Waals surface area contributed by atoms with Crippen molar-refractivity contribution in [3.8, 4) is 5.75 Å². The molecule has 1 atom stereocenters. The van der Waals surface area contributed by atoms with E-state index >= 15 is 0 Å². The minimum absolute atomic E-state index is 0.171. The van der Waals surface area contributed by atoms with Gasteiger partial charge in [0.1, 0.15) is 11.4 Å². The van der Waals surface area contributed by atoms with Gasteiger partial charge in [-0.3, -0.25) is 0 Å². The molecule has 1 rings (SSSR count). The smallest absolute Gasteiger partial charge is 0.408 e. The molecule has 0 bridgehead atoms. The van der Waals surface area contributed by atoms with Gasteiger partial charge >= 0.3 is 6.09 Å². The topological polar surface area (TPSA) is 58.6 Å². The van der Waals surface area contributed by atoms with Crippen LogP contribution in [0.2, 0.25) is 0 Å². The van der Waals surface area contributed by atoms with Crippen molar-refractivity contribution in [3.05, 3.63) is 28.8 Å². The predicted molar refractivity (Wildman–Crippen MR) is 75.4 cm³/mol. The third-order valence-electron chi connectivity index (χ3n) is 2.74. The molecule has 1 aromatic carbocycles. The van der Waals surface area contributed by atoms with E-state index in [0.717, 1.165) is 16.7 Å². The first-order valence-corrected chi connectivity index (χ1v) is 6.40. The number of carbonyl (C=O) groups is 1. The summed E-state index contributed by atoms with van der Waals surface area (Å²) in [5.74, 6) is 0.239. The number of carbonyl (C=O) groups excluding carboxylic acids is 1. The molecule has 0 spiro atoms. The maximum atomic E-state index is 11.7. The van der Waals surface area contributed by atoms with E-state index in [4.69, 9.17) is 4.74 Å². The van der Waals surface area contributed by atoms with E-state index in [9.17, 15) is 9.90 Å². The van der Waals surface area contributed by atoms with Crippen molar-refractivity contribution < 1.29 is 14.6 Å². The number of phenolic OH excluding ortho intramolecular Hbond substituents is 1. The molecule has 0 aliphatic rings. The van der Waals surface area contributed by atoms with Crippen LogP contribution in [-0.2, 0) is 4.74 Å². The van der Waals surface area contributed by atoms with E-state index < -0.39 is 11.7 Å². The quantitative estimate of drug-likeness (QED) is 0.859. The van der Waals surface area contributed by atoms with Crippen molar-refractivity contribution in [2.24, 2.45) is 0 Å². The molecule has 0 saturated heterocycles. The molecule has 19 heavy (non-hydrogen) atoms. The molecule has 106 valence electrons. The zero-order chi connectivity index (χ0) is 14.8. The monoisotopic (exact) mass is 265 g/mol. The molecule has 1 unspecified atom stereocenters. The van der Waals surface area contributed by atoms with Gasteiger partial charge in [-0.15, -0.1) is 0 Å². The summed E-state index contributed by atoms with van der Waals surface area (Å²) in [5, 5.41) is 12.3. The Morgan fingerprint density at radius 2 is 1.74 bits per heavy atom. The Morgan fingerprint density at radius 3 is 2.16 bits per heavy atom. The van der Waals surface area contributed by atoms with Crippen LogP contribution in [0.5, 0.6) is 5.75 Å². The normalized spacial score (nSPS) is 12.9. The Labute approximate surface area is 114 Å². The minimum Gasteiger partial charge on any atom is -0.508 e. The van der Waals surface area contributed by atoms with Gasteiger partial charge in [0.05, 0.1) is 6.04 Å². The summed E-state index contributed by atoms with van der Waals surface area (Å²) in [7, 11) is 0. The Hall–Kier alpha value is -1.71. The first kappa shape index (κ1) is 15.3. The molecule has 1 amide bonds. The van der Waals surface area contributed by atoms with Gasteiger partial charge in [-0.1, -0.05) is 0 Å². The molecular formula is C15H23NO3. The fourth-order valence-electron chi connectivity index (χ4n) is 2.19. The van der Waals surface area contributed by atoms with Crippen LogP contribution < -0.4 is 5.32 Å². The van der Waals surface area contributed by atoms with Gasteiger partial charge in [0.25, 0.3) is 0 Å². The third-order valence-corrected chi connectivity index (χ3v) is 2.74. The molecule has 0 fully saturated rings. The fourth-order valence-corrected chi connectivity index (χ4v) is 2.19. The molecular weight excluding hydrogens is 242 g/mol. The summed E-state index contributed by atoms with van der Waals surface area (Å²) in [6, 6.07) is 3.21. The second-order valence-electron chi connectivity index (χ2n) is 5.86. The van der Waals surface area contributed by atoms with Gasteiger partial charge in [-0.05, 0) is 70.4 Å². The van der Waals surface area contributed by atoms with Gasteiger partial charge in [0.2, 0.25) is 0 Å². The number of nitrogens with one attached hydrogen (secondary N) is 1. The van der Waals surface area contributed by atoms with Gasteiger partial charge in [-0.2, -0.15) is 0 Å². The Bertz CT molecular complexity index is 452. The van der Waals surface area contributed by atoms with Crippen molar-refractivity contribution in [2.45, 2.75) is 53.2 Å². The zero-order valence-corrected chi connectivity index (χ0v) is 12.5. The molecule has 4 heteroatoms. The molecule has 0 aliphatic carbocycles. The lowest BCUT2D eigenvalue weighted by molar-refractivity contribution is 0.0508. The summed E-state index contributed by atoms with van der Waals surface area (Å²) in [4.78, 5) is 11.7. The van der Waals surface area contributed by atoms with E-state index in [1.165, 1.54) is 0 Å². The number of aryl methyl sites for hydroxylation is 2. The van der Waals surface area contributed by atoms with Crippen molar-refractivity contribution in [1.82, 2.24) is 5.32 Å². The van der Waals surface area contributed by atoms with Gasteiger partial charge in [0, 0.05) is 0 Å². The lowest BCUT2D eigenvalue weighted by Gasteiger charge is -2.23. The van der Waals surface area contributed by atoms with Crippen molar-refractivity contribution >= 4 is 6.09 Å². The molecule has 0 aliphatic heterocycles. The third kappa shape index (κ3) is 4.47. The number of aromatic hydroxyl groups is 1. The number of ether oxygens (including phenoxy) is 1. The first-order valence-electron chi connectivity index (χ1n) is 6.40. The number of hydrogen-bond donors (Lipinski definition) is 2. The number of amides is 1. The van der Waals surface area contributed by atoms with Crippen LogP contribution in [-0.4, -0.2) is 16.8 Å². The average Bonchev–Trinajstić information content (AvgIpc) is 2.10. The lowest BCUT2D eigenvalue weighted by Crippen LogP contribution is -2.34. The predicted octanol–water partition coefficient (Wildman–Crippen LogP) is 3.59. The van der Waals surface area contributed by atoms with Crippen molar-refractivity contribution in [2.75, 3.05) is 0 Å². The summed E-state index contributed by atoms with van der Waals surface area (Å²) in [6.07, 6.45) is -0.438. The second-order valence-corrected chi connectivity index (χ2v) is 5.86. The molecule has 4 nitrogen and oxygen atoms in total. The SMILES string of the molecule is Cc1cc(O)cc(C)c1C(C)NC(=O)OC(C)(C)C. The van der Waals surface area contributed by atoms with E-state index in [1.807, 2.05) is 41.5 Å². The van der Waals surface area contributed by atoms with Crippen molar-refractivity contribution in [1.29, 1.82) is 0 Å². The maximum Gasteiger partial charge on any atom is 0.408 e. The van der Waals surface area contributed by atoms with E-state index in [2.05, 4.69) is 5.32 Å². The Morgan fingerprint density at radius 1 is 1.26 bits per heavy atom. The Kier molecular flexibility index (Phi) is 4.45. The molecule has 0 heterocycles. The van der Waals surface area contributed by atoms with Gasteiger partial charge < -0.3 is 15.2 Å². The summed E-state index contributed by atoms with van der Waals surface area (Å²) < 4.78 is 5.23. The number of benzene rings is 1. The van der Waals surface area contributed by atoms with E-state index in [0.29, 0.717) is 0 Å². The summed E-state index contributed by atoms with van der Waals surface area (Å²) >= 11 is 0. The van der Waals surface area contributed by atoms with Crippen LogP contribution in [0, 0.1) is 13.8 Å². The van der Waals surface area contributed by atoms with Gasteiger partial charge in [0.15, 0.2) is 0 Å². The number of hydrogen-bond acceptors (Lipinski definition) is 3. The highest BCUT2D eigenvalue weighted by atomic mass is 16.6. The van der Waals surface area contributed by atoms with Crippen LogP contribution in [0.1, 0.15) is 50.4 Å². The van der Waals surface area contributed by atoms with Crippen LogP contribution in [0.25, 0.3) is 0 Å². The standard InChI is InChI=1S/C15H23NO3/c1-9-7-12(17)8-10(2)13(9)11(3)16-14(18)19-15(4,5)6/h7-8,11,17H,1-6H3,(H,16,18). The number of alkyl carbamates (subject to hydrolysis) is 1. The highest BCUT2D eigenvalue weighted by Crippen LogP contribution is 2.26. The fraction of sp³-hybridized carbons (Fsp3) is 0.533. The highest BCUT2D eigenvalue weighted by molar-refractivity contribution is 5.68. The average molecular weight is 265 g/mol. The summed E-state index contributed by atoms with van der Waals surface area (Å²) in [6.45, 7) is 11.2. The van der Waals surface area contributed by atoms with Crippen LogP contribution in [0.3, 0.4) is 0 Å². The molecule has 0 radical (unpaired) electrons. The zero-order valence-electron chi connectivity index (χ0n) is 12.5. The Balaban J connectivity index is 2.85. The van der Waals surface area contributed by atoms with Crippen LogP contribution in [0.4, 0.5) is 4.79 Å². The van der Waals surface area contributed by atoms with Crippen LogP contribution in [0.15, 0.2) is 12.1 Å². The largest absolute Gasteiger partial charge is 0.508 e. The van der Waals surface area contributed by atoms with E-state index in [1.54, 1.807) is 12.1 Å². The minimum atomic E-state index is -0.511. The molecule has 0 saturated carbocycles. The maximum absolute atomic E-state index is 11.7. The van der Waals surface area contributed by atoms with Crippen LogP contribution >= 0.6 is 0 Å². The summed E-state index contributed by atoms with van der Waals surface area (Å²) in [5.41, 5.74) is 2.38. The second kappa shape index (κ2) is 5.51. The highest BCUT2D eigenvalue weighted by Gasteiger charge is 2.20. The van der Waals surface area contributed by atoms with Crippen molar-refractivity contribution in [3.63, 3.8) is 0 Å². The van der Waals surface area contributed by atoms with E-state index in [-0.39, 0.29) is 11.8 Å². The van der Waals surface area contributed by atoms with Gasteiger partial charge in [-0.25, -0.2) is 4.79 Å². The first-order chi connectivity index (χ1) is 8.60. The molecule has 1 aromatic rings. The molecule has 0 aromatic heterocycles. The number of rotatable bonds is 2. The lowest BCUT2D eigenvalue weighted by atomic mass is 9.97. The molecule has 2 N–H and O–H groups in total.